The Hall–Kier alpha value is -0.0600. The third-order valence-electron chi connectivity index (χ3n) is 8.16. The molecule has 0 aliphatic rings. The van der Waals surface area contributed by atoms with Crippen LogP contribution in [0.15, 0.2) is 0 Å². The largest absolute Gasteiger partial charge is 1.00 e. The van der Waals surface area contributed by atoms with Gasteiger partial charge >= 0.3 is 0 Å². The highest BCUT2D eigenvalue weighted by molar-refractivity contribution is 4.44. The number of nitrogens with zero attached hydrogens (tertiary/aromatic N) is 4. The Kier molecular flexibility index (Phi) is 42.9. The fourth-order valence-corrected chi connectivity index (χ4v) is 5.25. The molecular weight excluding hydrogens is 667 g/mol. The molecule has 0 aromatic rings. The van der Waals surface area contributed by atoms with E-state index in [4.69, 9.17) is 34.0 Å². The van der Waals surface area contributed by atoms with Crippen molar-refractivity contribution >= 4 is 0 Å². The van der Waals surface area contributed by atoms with Gasteiger partial charge in [-0.25, -0.2) is 18.6 Å². The van der Waals surface area contributed by atoms with E-state index in [0.29, 0.717) is 0 Å². The summed E-state index contributed by atoms with van der Waals surface area (Å²) in [7, 11) is -4.94. The van der Waals surface area contributed by atoms with E-state index in [1.54, 1.807) is 0 Å². The van der Waals surface area contributed by atoms with E-state index in [1.165, 1.54) is 118 Å². The van der Waals surface area contributed by atoms with Crippen molar-refractivity contribution in [2.45, 2.75) is 109 Å². The van der Waals surface area contributed by atoms with Crippen molar-refractivity contribution in [2.75, 3.05) is 78.5 Å². The van der Waals surface area contributed by atoms with Gasteiger partial charge in [0.15, 0.2) is 0 Å². The third-order valence-corrected chi connectivity index (χ3v) is 8.16. The van der Waals surface area contributed by atoms with Gasteiger partial charge in [0.1, 0.15) is 0 Å². The monoisotopic (exact) mass is 734 g/mol. The Labute approximate surface area is 273 Å². The quantitative estimate of drug-likeness (QED) is 0.0871. The minimum Gasteiger partial charge on any atom is -1.00 e. The molecule has 13 heteroatoms. The van der Waals surface area contributed by atoms with Crippen LogP contribution in [-0.4, -0.2) is 97.1 Å². The van der Waals surface area contributed by atoms with Crippen molar-refractivity contribution in [2.24, 2.45) is 0 Å². The summed E-state index contributed by atoms with van der Waals surface area (Å²) in [5.41, 5.74) is 0. The molecule has 0 amide bonds. The number of hydrogen-bond donors (Lipinski definition) is 0. The zero-order valence-electron chi connectivity index (χ0n) is 28.7. The van der Waals surface area contributed by atoms with Crippen LogP contribution in [0.2, 0.25) is 0 Å². The molecule has 0 spiro atoms. The summed E-state index contributed by atoms with van der Waals surface area (Å²) in [5.74, 6) is 0. The van der Waals surface area contributed by atoms with E-state index >= 15 is 0 Å². The summed E-state index contributed by atoms with van der Waals surface area (Å²) >= 11 is 0. The highest BCUT2D eigenvalue weighted by atomic mass is 127. The molecule has 0 aliphatic heterocycles. The van der Waals surface area contributed by atoms with Crippen LogP contribution in [0.5, 0.6) is 0 Å². The van der Waals surface area contributed by atoms with Crippen LogP contribution in [0.4, 0.5) is 0 Å². The molecule has 0 saturated carbocycles. The molecule has 0 bridgehead atoms. The minimum atomic E-state index is -4.94. The van der Waals surface area contributed by atoms with E-state index in [1.807, 2.05) is 0 Å². The normalized spacial score (nSPS) is 11.1. The van der Waals surface area contributed by atoms with Crippen LogP contribution in [0, 0.1) is 25.6 Å². The number of quaternary nitrogens is 3. The summed E-state index contributed by atoms with van der Waals surface area (Å²) in [5, 5.41) is 14.8. The molecular formula is C28H68ClIN4O7. The molecule has 0 heterocycles. The van der Waals surface area contributed by atoms with Gasteiger partial charge in [0.25, 0.3) is 0 Å². The van der Waals surface area contributed by atoms with Gasteiger partial charge in [0.2, 0.25) is 0 Å². The average molecular weight is 735 g/mol. The second kappa shape index (κ2) is 32.8. The zero-order valence-corrected chi connectivity index (χ0v) is 31.6. The highest BCUT2D eigenvalue weighted by Gasteiger charge is 2.22. The van der Waals surface area contributed by atoms with Crippen LogP contribution in [0.1, 0.15) is 109 Å². The first kappa shape index (κ1) is 53.5. The van der Waals surface area contributed by atoms with Gasteiger partial charge in [-0.3, -0.25) is 0 Å². The van der Waals surface area contributed by atoms with Gasteiger partial charge in [0.05, 0.1) is 83.6 Å². The first-order valence-corrected chi connectivity index (χ1v) is 16.7. The Bertz CT molecular complexity index is 444. The molecule has 0 N–H and O–H groups in total. The Morgan fingerprint density at radius 1 is 0.439 bits per heavy atom. The van der Waals surface area contributed by atoms with Crippen LogP contribution in [0.25, 0.3) is 0 Å². The molecule has 0 fully saturated rings. The number of halogens is 2. The molecule has 0 aromatic heterocycles. The fraction of sp³-hybridized carbons (Fsp3) is 1.00. The molecule has 41 heavy (non-hydrogen) atoms. The van der Waals surface area contributed by atoms with Crippen LogP contribution < -0.4 is 42.6 Å². The van der Waals surface area contributed by atoms with Crippen molar-refractivity contribution in [1.82, 2.24) is 0 Å². The van der Waals surface area contributed by atoms with Gasteiger partial charge in [-0.1, -0.05) is 27.7 Å². The zero-order chi connectivity index (χ0) is 32.9. The average Bonchev–Trinajstić information content (AvgIpc) is 2.88. The van der Waals surface area contributed by atoms with E-state index < -0.39 is 15.3 Å². The summed E-state index contributed by atoms with van der Waals surface area (Å²) in [6.07, 6.45) is 5.33. The van der Waals surface area contributed by atoms with Crippen molar-refractivity contribution < 1.29 is 71.4 Å². The first-order chi connectivity index (χ1) is 18.5. The van der Waals surface area contributed by atoms with Crippen LogP contribution in [0.3, 0.4) is 0 Å². The molecule has 0 aliphatic carbocycles. The maximum Gasteiger partial charge on any atom is 0.0783 e. The van der Waals surface area contributed by atoms with Crippen molar-refractivity contribution in [3.63, 3.8) is 0 Å². The van der Waals surface area contributed by atoms with Gasteiger partial charge in [-0.15, -0.1) is 10.2 Å². The molecule has 11 nitrogen and oxygen atoms in total. The van der Waals surface area contributed by atoms with E-state index in [0.717, 1.165) is 0 Å². The molecule has 0 atom stereocenters. The Morgan fingerprint density at radius 3 is 0.610 bits per heavy atom. The van der Waals surface area contributed by atoms with Crippen LogP contribution in [-0.2, 0) is 0 Å². The first-order valence-electron chi connectivity index (χ1n) is 15.4. The van der Waals surface area contributed by atoms with E-state index in [2.05, 4.69) is 83.1 Å². The number of hydrogen-bond acceptors (Lipinski definition) is 7. The predicted octanol–water partition coefficient (Wildman–Crippen LogP) is -0.782. The highest BCUT2D eigenvalue weighted by Crippen LogP contribution is 2.12. The van der Waals surface area contributed by atoms with Crippen molar-refractivity contribution in [3.8, 4) is 0 Å². The molecule has 0 saturated heterocycles. The summed E-state index contributed by atoms with van der Waals surface area (Å²) < 4.78 is 37.9. The second-order valence-corrected chi connectivity index (χ2v) is 10.8. The van der Waals surface area contributed by atoms with Crippen molar-refractivity contribution in [3.05, 3.63) is 15.3 Å². The van der Waals surface area contributed by atoms with Gasteiger partial charge in [0, 0.05) is 0 Å². The molecule has 0 rings (SSSR count). The van der Waals surface area contributed by atoms with Gasteiger partial charge < -0.3 is 52.7 Å². The van der Waals surface area contributed by atoms with Gasteiger partial charge in [-0.2, -0.15) is 0 Å². The smallest absolute Gasteiger partial charge is 0.0783 e. The lowest BCUT2D eigenvalue weighted by atomic mass is 10.2. The van der Waals surface area contributed by atoms with Crippen LogP contribution >= 0.6 is 0 Å². The lowest BCUT2D eigenvalue weighted by Gasteiger charge is -2.38. The fourth-order valence-electron chi connectivity index (χ4n) is 5.25. The van der Waals surface area contributed by atoms with E-state index in [-0.39, 0.29) is 24.0 Å². The Morgan fingerprint density at radius 2 is 0.561 bits per heavy atom. The maximum atomic E-state index is 8.49. The molecule has 0 radical (unpaired) electrons. The third kappa shape index (κ3) is 36.0. The molecule has 0 unspecified atom stereocenters. The Balaban J connectivity index is -0.0000000981. The predicted molar refractivity (Wildman–Crippen MR) is 156 cm³/mol. The SMILES string of the molecule is CCC[N+](CCC)(CCC)CCC.CC[N+](CC)(CC)CC.CC[N+](CC)(CC)CC.O=[N+]([O-])[O-].[I-].[O-][Cl+3]([O-])([O-])[O-]. The lowest BCUT2D eigenvalue weighted by molar-refractivity contribution is -2.00. The topological polar surface area (TPSA) is 158 Å². The standard InChI is InChI=1S/C12H28N.2C8H20N.ClHO4.HI.NO3/c1-5-9-13(10-6-2,11-7-3)12-8-4;2*1-5-9(6-2,7-3)8-4;2-1(3,4)5;;2-1(3)4/h5-12H2,1-4H3;2*5-8H2,1-4H3;(H,2,3,4,5);1H;/q3*+1;;;-1/p-2. The van der Waals surface area contributed by atoms with Crippen molar-refractivity contribution in [1.29, 1.82) is 0 Å². The second-order valence-electron chi connectivity index (χ2n) is 10.1. The summed E-state index contributed by atoms with van der Waals surface area (Å²) in [6.45, 7) is 43.2. The summed E-state index contributed by atoms with van der Waals surface area (Å²) in [4.78, 5) is 8.25. The molecule has 0 aromatic carbocycles. The minimum absolute atomic E-state index is 0. The molecule has 256 valence electrons. The number of rotatable bonds is 16. The van der Waals surface area contributed by atoms with E-state index in [9.17, 15) is 0 Å². The summed E-state index contributed by atoms with van der Waals surface area (Å²) in [6, 6.07) is 0. The lowest BCUT2D eigenvalue weighted by Crippen LogP contribution is -3.00. The van der Waals surface area contributed by atoms with Gasteiger partial charge in [-0.05, 0) is 81.1 Å². The maximum absolute atomic E-state index is 8.49.